The summed E-state index contributed by atoms with van der Waals surface area (Å²) in [6, 6.07) is 6.32. The van der Waals surface area contributed by atoms with Gasteiger partial charge in [-0.15, -0.1) is 0 Å². The van der Waals surface area contributed by atoms with Gasteiger partial charge in [0.15, 0.2) is 0 Å². The molecule has 4 heteroatoms. The van der Waals surface area contributed by atoms with E-state index in [-0.39, 0.29) is 11.7 Å². The number of nitrogens with one attached hydrogen (secondary N) is 3. The molecule has 0 aliphatic rings. The monoisotopic (exact) mass is 261 g/mol. The van der Waals surface area contributed by atoms with Crippen molar-refractivity contribution in [1.82, 2.24) is 15.3 Å². The maximum absolute atomic E-state index is 11.2. The van der Waals surface area contributed by atoms with Gasteiger partial charge in [0.1, 0.15) is 0 Å². The van der Waals surface area contributed by atoms with E-state index in [0.29, 0.717) is 5.41 Å². The van der Waals surface area contributed by atoms with E-state index in [4.69, 9.17) is 0 Å². The summed E-state index contributed by atoms with van der Waals surface area (Å²) in [6.45, 7) is 9.88. The Morgan fingerprint density at radius 3 is 2.58 bits per heavy atom. The molecule has 19 heavy (non-hydrogen) atoms. The minimum Gasteiger partial charge on any atom is -0.310 e. The van der Waals surface area contributed by atoms with Crippen molar-refractivity contribution in [3.05, 3.63) is 34.2 Å². The van der Waals surface area contributed by atoms with Crippen LogP contribution in [0, 0.1) is 5.41 Å². The molecule has 104 valence electrons. The van der Waals surface area contributed by atoms with E-state index in [9.17, 15) is 4.79 Å². The Morgan fingerprint density at radius 1 is 1.21 bits per heavy atom. The fourth-order valence-corrected chi connectivity index (χ4v) is 2.10. The van der Waals surface area contributed by atoms with Crippen LogP contribution < -0.4 is 11.0 Å². The first-order chi connectivity index (χ1) is 8.85. The molecule has 2 rings (SSSR count). The van der Waals surface area contributed by atoms with Crippen molar-refractivity contribution in [3.63, 3.8) is 0 Å². The smallest absolute Gasteiger partial charge is 0.310 e. The van der Waals surface area contributed by atoms with Gasteiger partial charge in [-0.25, -0.2) is 4.79 Å². The zero-order chi connectivity index (χ0) is 14.0. The molecular weight excluding hydrogens is 238 g/mol. The Balaban J connectivity index is 2.04. The summed E-state index contributed by atoms with van der Waals surface area (Å²) >= 11 is 0. The molecule has 0 fully saturated rings. The number of rotatable bonds is 4. The van der Waals surface area contributed by atoms with Crippen LogP contribution in [0.4, 0.5) is 0 Å². The van der Waals surface area contributed by atoms with Gasteiger partial charge in [0.2, 0.25) is 0 Å². The second-order valence-corrected chi connectivity index (χ2v) is 6.37. The molecule has 0 bridgehead atoms. The van der Waals surface area contributed by atoms with Crippen LogP contribution in [0.5, 0.6) is 0 Å². The molecule has 0 radical (unpaired) electrons. The van der Waals surface area contributed by atoms with Gasteiger partial charge in [0, 0.05) is 6.04 Å². The van der Waals surface area contributed by atoms with Crippen molar-refractivity contribution in [1.29, 1.82) is 0 Å². The lowest BCUT2D eigenvalue weighted by Gasteiger charge is -2.21. The van der Waals surface area contributed by atoms with E-state index >= 15 is 0 Å². The van der Waals surface area contributed by atoms with Gasteiger partial charge in [-0.3, -0.25) is 0 Å². The predicted molar refractivity (Wildman–Crippen MR) is 79.4 cm³/mol. The molecule has 1 heterocycles. The van der Waals surface area contributed by atoms with Crippen LogP contribution in [0.2, 0.25) is 0 Å². The zero-order valence-corrected chi connectivity index (χ0v) is 12.1. The van der Waals surface area contributed by atoms with Crippen molar-refractivity contribution in [2.24, 2.45) is 5.41 Å². The average molecular weight is 261 g/mol. The van der Waals surface area contributed by atoms with Gasteiger partial charge in [-0.2, -0.15) is 0 Å². The quantitative estimate of drug-likeness (QED) is 0.792. The van der Waals surface area contributed by atoms with E-state index in [0.717, 1.165) is 24.0 Å². The Kier molecular flexibility index (Phi) is 3.80. The lowest BCUT2D eigenvalue weighted by atomic mass is 9.92. The standard InChI is InChI=1S/C15H23N3O/c1-10(16-8-7-15(2,3)4)11-5-6-12-13(9-11)18-14(19)17-12/h5-6,9-10,16H,7-8H2,1-4H3,(H2,17,18,19). The number of aromatic amines is 2. The first-order valence-corrected chi connectivity index (χ1v) is 6.80. The Bertz CT molecular complexity index is 604. The zero-order valence-electron chi connectivity index (χ0n) is 12.1. The summed E-state index contributed by atoms with van der Waals surface area (Å²) in [7, 11) is 0. The molecule has 0 saturated heterocycles. The Morgan fingerprint density at radius 2 is 1.89 bits per heavy atom. The number of aromatic nitrogens is 2. The number of hydrogen-bond donors (Lipinski definition) is 3. The molecule has 0 spiro atoms. The third-order valence-corrected chi connectivity index (χ3v) is 3.37. The van der Waals surface area contributed by atoms with Crippen LogP contribution in [0.3, 0.4) is 0 Å². The molecule has 0 amide bonds. The van der Waals surface area contributed by atoms with E-state index in [1.807, 2.05) is 12.1 Å². The molecule has 0 saturated carbocycles. The van der Waals surface area contributed by atoms with Crippen LogP contribution in [0.15, 0.2) is 23.0 Å². The molecule has 4 nitrogen and oxygen atoms in total. The van der Waals surface area contributed by atoms with Crippen LogP contribution >= 0.6 is 0 Å². The third-order valence-electron chi connectivity index (χ3n) is 3.37. The van der Waals surface area contributed by atoms with Crippen molar-refractivity contribution in [2.45, 2.75) is 40.2 Å². The minimum absolute atomic E-state index is 0.152. The van der Waals surface area contributed by atoms with Gasteiger partial charge >= 0.3 is 5.69 Å². The van der Waals surface area contributed by atoms with Crippen LogP contribution in [0.25, 0.3) is 11.0 Å². The van der Waals surface area contributed by atoms with Crippen molar-refractivity contribution in [2.75, 3.05) is 6.54 Å². The Hall–Kier alpha value is -1.55. The highest BCUT2D eigenvalue weighted by Crippen LogP contribution is 2.20. The number of H-pyrrole nitrogens is 2. The van der Waals surface area contributed by atoms with E-state index < -0.39 is 0 Å². The van der Waals surface area contributed by atoms with Crippen molar-refractivity contribution < 1.29 is 0 Å². The summed E-state index contributed by atoms with van der Waals surface area (Å²) < 4.78 is 0. The topological polar surface area (TPSA) is 60.7 Å². The van der Waals surface area contributed by atoms with Gasteiger partial charge < -0.3 is 15.3 Å². The lowest BCUT2D eigenvalue weighted by Crippen LogP contribution is -2.23. The van der Waals surface area contributed by atoms with Crippen molar-refractivity contribution >= 4 is 11.0 Å². The van der Waals surface area contributed by atoms with E-state index in [2.05, 4.69) is 49.0 Å². The van der Waals surface area contributed by atoms with Gasteiger partial charge in [0.25, 0.3) is 0 Å². The molecule has 1 aromatic heterocycles. The molecule has 0 aliphatic carbocycles. The highest BCUT2D eigenvalue weighted by molar-refractivity contribution is 5.75. The average Bonchev–Trinajstić information content (AvgIpc) is 2.65. The number of hydrogen-bond acceptors (Lipinski definition) is 2. The first kappa shape index (κ1) is 13.9. The second-order valence-electron chi connectivity index (χ2n) is 6.37. The molecular formula is C15H23N3O. The van der Waals surface area contributed by atoms with E-state index in [1.54, 1.807) is 0 Å². The van der Waals surface area contributed by atoms with Crippen LogP contribution in [0.1, 0.15) is 45.7 Å². The summed E-state index contributed by atoms with van der Waals surface area (Å²) in [4.78, 5) is 16.8. The minimum atomic E-state index is -0.152. The molecule has 0 aliphatic heterocycles. The fraction of sp³-hybridized carbons (Fsp3) is 0.533. The largest absolute Gasteiger partial charge is 0.323 e. The molecule has 1 unspecified atom stereocenters. The normalized spacial score (nSPS) is 13.9. The number of imidazole rings is 1. The van der Waals surface area contributed by atoms with Gasteiger partial charge in [-0.05, 0) is 43.0 Å². The second kappa shape index (κ2) is 5.21. The van der Waals surface area contributed by atoms with Gasteiger partial charge in [-0.1, -0.05) is 26.8 Å². The molecule has 1 aromatic carbocycles. The SMILES string of the molecule is CC(NCCC(C)(C)C)c1ccc2[nH]c(=O)[nH]c2c1. The predicted octanol–water partition coefficient (Wildman–Crippen LogP) is 2.94. The first-order valence-electron chi connectivity index (χ1n) is 6.80. The van der Waals surface area contributed by atoms with E-state index in [1.165, 1.54) is 5.56 Å². The third kappa shape index (κ3) is 3.70. The highest BCUT2D eigenvalue weighted by atomic mass is 16.1. The summed E-state index contributed by atoms with van der Waals surface area (Å²) in [5, 5.41) is 3.52. The number of fused-ring (bicyclic) bond motifs is 1. The van der Waals surface area contributed by atoms with Crippen LogP contribution in [-0.4, -0.2) is 16.5 Å². The molecule has 2 aromatic rings. The summed E-state index contributed by atoms with van der Waals surface area (Å²) in [6.07, 6.45) is 1.14. The van der Waals surface area contributed by atoms with Crippen molar-refractivity contribution in [3.8, 4) is 0 Å². The summed E-state index contributed by atoms with van der Waals surface area (Å²) in [5.41, 5.74) is 3.11. The fourth-order valence-electron chi connectivity index (χ4n) is 2.10. The molecule has 3 N–H and O–H groups in total. The number of benzene rings is 1. The Labute approximate surface area is 113 Å². The molecule has 1 atom stereocenters. The lowest BCUT2D eigenvalue weighted by molar-refractivity contribution is 0.358. The van der Waals surface area contributed by atoms with Crippen LogP contribution in [-0.2, 0) is 0 Å². The maximum Gasteiger partial charge on any atom is 0.323 e. The highest BCUT2D eigenvalue weighted by Gasteiger charge is 2.11. The van der Waals surface area contributed by atoms with Gasteiger partial charge in [0.05, 0.1) is 11.0 Å². The summed E-state index contributed by atoms with van der Waals surface area (Å²) in [5.74, 6) is 0. The maximum atomic E-state index is 11.2.